The number of aliphatic carboxylic acids is 1. The number of benzene rings is 2. The van der Waals surface area contributed by atoms with Crippen LogP contribution in [0.2, 0.25) is 0 Å². The first-order valence-corrected chi connectivity index (χ1v) is 13.6. The lowest BCUT2D eigenvalue weighted by molar-refractivity contribution is -0.140. The van der Waals surface area contributed by atoms with Gasteiger partial charge in [0.2, 0.25) is 0 Å². The molecule has 0 bridgehead atoms. The van der Waals surface area contributed by atoms with Gasteiger partial charge < -0.3 is 14.7 Å². The van der Waals surface area contributed by atoms with Gasteiger partial charge in [0.05, 0.1) is 10.5 Å². The summed E-state index contributed by atoms with van der Waals surface area (Å²) in [5.41, 5.74) is 2.05. The second-order valence-corrected chi connectivity index (χ2v) is 10.4. The number of carbonyl (C=O) groups excluding carboxylic acids is 2. The van der Waals surface area contributed by atoms with Crippen LogP contribution in [-0.2, 0) is 16.2 Å². The zero-order valence-electron chi connectivity index (χ0n) is 21.1. The summed E-state index contributed by atoms with van der Waals surface area (Å²) in [5.74, 6) is -1.23. The highest BCUT2D eigenvalue weighted by molar-refractivity contribution is 8.26. The van der Waals surface area contributed by atoms with Gasteiger partial charge in [-0.3, -0.25) is 19.3 Å². The Bertz CT molecular complexity index is 1160. The lowest BCUT2D eigenvalue weighted by Gasteiger charge is -2.24. The molecule has 3 rings (SSSR count). The number of hydrogen-bond acceptors (Lipinski definition) is 6. The molecule has 0 aliphatic carbocycles. The van der Waals surface area contributed by atoms with E-state index in [1.54, 1.807) is 24.3 Å². The van der Waals surface area contributed by atoms with Crippen molar-refractivity contribution in [2.45, 2.75) is 46.1 Å². The molecule has 0 unspecified atom stereocenters. The number of nitrogens with zero attached hydrogens (tertiary/aromatic N) is 2. The van der Waals surface area contributed by atoms with E-state index in [-0.39, 0.29) is 10.2 Å². The van der Waals surface area contributed by atoms with Gasteiger partial charge in [-0.1, -0.05) is 87.1 Å². The highest BCUT2D eigenvalue weighted by Crippen LogP contribution is 2.33. The van der Waals surface area contributed by atoms with Gasteiger partial charge in [0.15, 0.2) is 0 Å². The fourth-order valence-electron chi connectivity index (χ4n) is 3.77. The van der Waals surface area contributed by atoms with Crippen molar-refractivity contribution in [3.63, 3.8) is 0 Å². The summed E-state index contributed by atoms with van der Waals surface area (Å²) in [5, 5.41) is 9.08. The number of thiocarbonyl (C=S) groups is 1. The molecule has 0 saturated carbocycles. The molecule has 196 valence electrons. The van der Waals surface area contributed by atoms with Crippen molar-refractivity contribution < 1.29 is 24.2 Å². The van der Waals surface area contributed by atoms with Crippen molar-refractivity contribution in [3.8, 4) is 5.75 Å². The first kappa shape index (κ1) is 28.4. The largest absolute Gasteiger partial charge is 0.488 e. The number of carboxylic acids is 1. The van der Waals surface area contributed by atoms with Crippen molar-refractivity contribution in [1.82, 2.24) is 9.80 Å². The van der Waals surface area contributed by atoms with Gasteiger partial charge in [-0.25, -0.2) is 0 Å². The van der Waals surface area contributed by atoms with Gasteiger partial charge >= 0.3 is 5.97 Å². The van der Waals surface area contributed by atoms with Crippen LogP contribution < -0.4 is 4.74 Å². The predicted octanol–water partition coefficient (Wildman–Crippen LogP) is 5.59. The van der Waals surface area contributed by atoms with Gasteiger partial charge in [0, 0.05) is 13.1 Å². The Hall–Kier alpha value is -3.17. The summed E-state index contributed by atoms with van der Waals surface area (Å²) in [7, 11) is 0. The highest BCUT2D eigenvalue weighted by atomic mass is 32.2. The lowest BCUT2D eigenvalue weighted by atomic mass is 10.1. The second kappa shape index (κ2) is 13.9. The van der Waals surface area contributed by atoms with Crippen LogP contribution in [0.15, 0.2) is 53.4 Å². The Balaban J connectivity index is 1.94. The molecule has 2 aromatic carbocycles. The van der Waals surface area contributed by atoms with Crippen LogP contribution in [0.5, 0.6) is 5.75 Å². The molecule has 2 amide bonds. The maximum atomic E-state index is 13.7. The normalized spacial score (nSPS) is 14.3. The van der Waals surface area contributed by atoms with Crippen molar-refractivity contribution in [2.75, 3.05) is 19.6 Å². The van der Waals surface area contributed by atoms with Crippen LogP contribution in [-0.4, -0.2) is 56.6 Å². The maximum Gasteiger partial charge on any atom is 0.323 e. The average molecular weight is 541 g/mol. The number of ether oxygens (including phenoxy) is 1. The van der Waals surface area contributed by atoms with Gasteiger partial charge in [0.25, 0.3) is 11.8 Å². The molecule has 1 N–H and O–H groups in total. The predicted molar refractivity (Wildman–Crippen MR) is 150 cm³/mol. The van der Waals surface area contributed by atoms with Gasteiger partial charge in [0.1, 0.15) is 23.2 Å². The molecule has 1 aliphatic rings. The van der Waals surface area contributed by atoms with E-state index in [9.17, 15) is 14.4 Å². The summed E-state index contributed by atoms with van der Waals surface area (Å²) in [6.45, 7) is 5.34. The molecule has 9 heteroatoms. The van der Waals surface area contributed by atoms with Gasteiger partial charge in [-0.2, -0.15) is 0 Å². The molecule has 1 aliphatic heterocycles. The second-order valence-electron chi connectivity index (χ2n) is 8.69. The maximum absolute atomic E-state index is 13.7. The van der Waals surface area contributed by atoms with Gasteiger partial charge in [-0.15, -0.1) is 0 Å². The average Bonchev–Trinajstić information content (AvgIpc) is 3.15. The number of hydrogen-bond donors (Lipinski definition) is 1. The number of unbranched alkanes of at least 4 members (excludes halogenated alkanes) is 2. The Kier molecular flexibility index (Phi) is 10.7. The summed E-state index contributed by atoms with van der Waals surface area (Å²) < 4.78 is 6.29. The molecule has 0 aromatic heterocycles. The molecule has 7 nitrogen and oxygen atoms in total. The number of carboxylic acid groups (broad SMARTS) is 1. The summed E-state index contributed by atoms with van der Waals surface area (Å²) in [4.78, 5) is 40.8. The lowest BCUT2D eigenvalue weighted by Crippen LogP contribution is -2.33. The van der Waals surface area contributed by atoms with Crippen LogP contribution in [0, 0.1) is 0 Å². The fraction of sp³-hybridized carbons (Fsp3) is 0.357. The van der Waals surface area contributed by atoms with E-state index in [0.717, 1.165) is 47.9 Å². The first-order chi connectivity index (χ1) is 17.8. The van der Waals surface area contributed by atoms with Crippen LogP contribution in [0.3, 0.4) is 0 Å². The summed E-state index contributed by atoms with van der Waals surface area (Å²) in [6, 6.07) is 15.0. The van der Waals surface area contributed by atoms with E-state index in [2.05, 4.69) is 13.8 Å². The zero-order valence-corrected chi connectivity index (χ0v) is 22.8. The van der Waals surface area contributed by atoms with E-state index in [1.807, 2.05) is 35.2 Å². The van der Waals surface area contributed by atoms with Crippen LogP contribution in [0.4, 0.5) is 0 Å². The van der Waals surface area contributed by atoms with E-state index in [0.29, 0.717) is 41.5 Å². The molecule has 2 aromatic rings. The number of amides is 2. The SMILES string of the molecule is CCCCN(CCCC)C(=O)c1cc(/C=C2\SC(=S)N(CC(=O)O)C2=O)ccc1OCc1ccccc1. The number of thioether (sulfide) groups is 1. The molecule has 37 heavy (non-hydrogen) atoms. The Labute approximate surface area is 227 Å². The number of carbonyl (C=O) groups is 3. The minimum Gasteiger partial charge on any atom is -0.488 e. The monoisotopic (exact) mass is 540 g/mol. The minimum absolute atomic E-state index is 0.112. The van der Waals surface area contributed by atoms with E-state index >= 15 is 0 Å². The van der Waals surface area contributed by atoms with E-state index < -0.39 is 18.4 Å². The van der Waals surface area contributed by atoms with Crippen LogP contribution in [0.1, 0.15) is 61.0 Å². The Morgan fingerprint density at radius 3 is 2.38 bits per heavy atom. The molecule has 0 spiro atoms. The third-order valence-corrected chi connectivity index (χ3v) is 7.16. The minimum atomic E-state index is -1.13. The third kappa shape index (κ3) is 7.90. The highest BCUT2D eigenvalue weighted by Gasteiger charge is 2.33. The zero-order chi connectivity index (χ0) is 26.8. The smallest absolute Gasteiger partial charge is 0.323 e. The fourth-order valence-corrected chi connectivity index (χ4v) is 5.03. The standard InChI is InChI=1S/C28H32N2O5S2/c1-3-5-14-29(15-6-4-2)26(33)22-16-21(12-13-23(22)35-19-20-10-8-7-9-11-20)17-24-27(34)30(18-25(31)32)28(36)37-24/h7-13,16-17H,3-6,14-15,18-19H2,1-2H3,(H,31,32)/b24-17-. The van der Waals surface area contributed by atoms with Crippen molar-refractivity contribution in [3.05, 3.63) is 70.1 Å². The summed E-state index contributed by atoms with van der Waals surface area (Å²) >= 11 is 6.25. The van der Waals surface area contributed by atoms with Gasteiger partial charge in [-0.05, 0) is 42.2 Å². The Morgan fingerprint density at radius 2 is 1.76 bits per heavy atom. The number of rotatable bonds is 13. The van der Waals surface area contributed by atoms with Crippen LogP contribution in [0.25, 0.3) is 6.08 Å². The third-order valence-electron chi connectivity index (χ3n) is 5.79. The van der Waals surface area contributed by atoms with Crippen molar-refractivity contribution >= 4 is 52.2 Å². The quantitative estimate of drug-likeness (QED) is 0.262. The van der Waals surface area contributed by atoms with E-state index in [1.165, 1.54) is 0 Å². The molecule has 1 saturated heterocycles. The topological polar surface area (TPSA) is 87.2 Å². The molecule has 0 radical (unpaired) electrons. The van der Waals surface area contributed by atoms with Crippen molar-refractivity contribution in [2.24, 2.45) is 0 Å². The van der Waals surface area contributed by atoms with Crippen LogP contribution >= 0.6 is 24.0 Å². The molecule has 1 fully saturated rings. The Morgan fingerprint density at radius 1 is 1.08 bits per heavy atom. The van der Waals surface area contributed by atoms with E-state index in [4.69, 9.17) is 22.1 Å². The molecule has 1 heterocycles. The molecular formula is C28H32N2O5S2. The molecule has 0 atom stereocenters. The summed E-state index contributed by atoms with van der Waals surface area (Å²) in [6.07, 6.45) is 5.40. The van der Waals surface area contributed by atoms with Crippen molar-refractivity contribution in [1.29, 1.82) is 0 Å². The first-order valence-electron chi connectivity index (χ1n) is 12.4. The molecular weight excluding hydrogens is 508 g/mol.